The van der Waals surface area contributed by atoms with E-state index in [2.05, 4.69) is 30.9 Å². The average Bonchev–Trinajstić information content (AvgIpc) is 2.89. The van der Waals surface area contributed by atoms with E-state index in [9.17, 15) is 4.79 Å². The summed E-state index contributed by atoms with van der Waals surface area (Å²) in [7, 11) is 1.98. The van der Waals surface area contributed by atoms with Crippen molar-refractivity contribution in [2.75, 3.05) is 26.7 Å². The number of amides is 1. The van der Waals surface area contributed by atoms with Gasteiger partial charge in [0.15, 0.2) is 0 Å². The van der Waals surface area contributed by atoms with E-state index in [-0.39, 0.29) is 25.0 Å². The molecule has 21 heavy (non-hydrogen) atoms. The third-order valence-corrected chi connectivity index (χ3v) is 4.56. The molecule has 0 aromatic carbocycles. The Hall–Kier alpha value is -1.89. The van der Waals surface area contributed by atoms with Crippen LogP contribution in [-0.4, -0.2) is 42.4 Å². The van der Waals surface area contributed by atoms with E-state index in [1.165, 1.54) is 14.7 Å². The van der Waals surface area contributed by atoms with Gasteiger partial charge in [-0.25, -0.2) is 0 Å². The maximum absolute atomic E-state index is 12.0. The summed E-state index contributed by atoms with van der Waals surface area (Å²) in [6.45, 7) is 4.72. The number of nitrogens with zero attached hydrogens (tertiary/aromatic N) is 4. The van der Waals surface area contributed by atoms with Crippen molar-refractivity contribution < 1.29 is 4.79 Å². The van der Waals surface area contributed by atoms with Gasteiger partial charge < -0.3 is 4.90 Å². The maximum Gasteiger partial charge on any atom is 0.225 e. The van der Waals surface area contributed by atoms with Gasteiger partial charge in [0, 0.05) is 28.8 Å². The van der Waals surface area contributed by atoms with Crippen LogP contribution in [-0.2, 0) is 4.79 Å². The second kappa shape index (κ2) is 8.41. The molecular weight excluding hydrogens is 284 g/mol. The SMILES string of the molecule is Cc1ccc([C@H](C)N(C)CCC(=O)N(CC#N)CC#N)s1. The van der Waals surface area contributed by atoms with Crippen LogP contribution in [0.5, 0.6) is 0 Å². The van der Waals surface area contributed by atoms with Crippen LogP contribution < -0.4 is 0 Å². The second-order valence-corrected chi connectivity index (χ2v) is 6.24. The largest absolute Gasteiger partial charge is 0.316 e. The minimum absolute atomic E-state index is 0.0320. The van der Waals surface area contributed by atoms with Crippen LogP contribution in [0.3, 0.4) is 0 Å². The number of aryl methyl sites for hydroxylation is 1. The van der Waals surface area contributed by atoms with Gasteiger partial charge in [0.05, 0.1) is 12.1 Å². The molecule has 0 fully saturated rings. The number of thiophene rings is 1. The molecule has 1 rings (SSSR count). The Kier molecular flexibility index (Phi) is 6.87. The van der Waals surface area contributed by atoms with Gasteiger partial charge >= 0.3 is 0 Å². The fraction of sp³-hybridized carbons (Fsp3) is 0.533. The minimum Gasteiger partial charge on any atom is -0.316 e. The number of hydrogen-bond donors (Lipinski definition) is 0. The molecule has 0 aliphatic carbocycles. The normalized spacial score (nSPS) is 11.7. The molecule has 1 heterocycles. The molecule has 5 nitrogen and oxygen atoms in total. The maximum atomic E-state index is 12.0. The van der Waals surface area contributed by atoms with E-state index in [0.29, 0.717) is 13.0 Å². The highest BCUT2D eigenvalue weighted by molar-refractivity contribution is 7.12. The first-order chi connectivity index (χ1) is 9.99. The van der Waals surface area contributed by atoms with Gasteiger partial charge in [0.2, 0.25) is 5.91 Å². The Morgan fingerprint density at radius 3 is 2.43 bits per heavy atom. The summed E-state index contributed by atoms with van der Waals surface area (Å²) in [5.74, 6) is -0.153. The molecule has 0 bridgehead atoms. The Balaban J connectivity index is 2.52. The smallest absolute Gasteiger partial charge is 0.225 e. The van der Waals surface area contributed by atoms with Crippen molar-refractivity contribution in [1.82, 2.24) is 9.80 Å². The number of hydrogen-bond acceptors (Lipinski definition) is 5. The van der Waals surface area contributed by atoms with Crippen molar-refractivity contribution in [3.63, 3.8) is 0 Å². The summed E-state index contributed by atoms with van der Waals surface area (Å²) in [5, 5.41) is 17.3. The molecule has 0 saturated carbocycles. The third kappa shape index (κ3) is 5.18. The van der Waals surface area contributed by atoms with Gasteiger partial charge in [0.25, 0.3) is 0 Å². The van der Waals surface area contributed by atoms with E-state index in [4.69, 9.17) is 10.5 Å². The topological polar surface area (TPSA) is 71.1 Å². The molecule has 1 atom stereocenters. The summed E-state index contributed by atoms with van der Waals surface area (Å²) in [6.07, 6.45) is 0.314. The lowest BCUT2D eigenvalue weighted by Gasteiger charge is -2.24. The lowest BCUT2D eigenvalue weighted by molar-refractivity contribution is -0.130. The molecule has 1 aromatic heterocycles. The second-order valence-electron chi connectivity index (χ2n) is 4.92. The Labute approximate surface area is 130 Å². The molecule has 6 heteroatoms. The Bertz CT molecular complexity index is 539. The van der Waals surface area contributed by atoms with Crippen LogP contribution in [0.2, 0.25) is 0 Å². The van der Waals surface area contributed by atoms with E-state index in [1.807, 2.05) is 19.2 Å². The average molecular weight is 304 g/mol. The molecule has 0 spiro atoms. The molecule has 1 aromatic rings. The first kappa shape index (κ1) is 17.2. The van der Waals surface area contributed by atoms with Crippen molar-refractivity contribution in [3.05, 3.63) is 21.9 Å². The highest BCUT2D eigenvalue weighted by Gasteiger charge is 2.17. The molecule has 112 valence electrons. The zero-order chi connectivity index (χ0) is 15.8. The van der Waals surface area contributed by atoms with Crippen LogP contribution in [0.1, 0.15) is 29.1 Å². The summed E-state index contributed by atoms with van der Waals surface area (Å²) in [5.41, 5.74) is 0. The lowest BCUT2D eigenvalue weighted by Crippen LogP contribution is -2.34. The lowest BCUT2D eigenvalue weighted by atomic mass is 10.2. The van der Waals surface area contributed by atoms with Gasteiger partial charge in [-0.05, 0) is 33.0 Å². The summed E-state index contributed by atoms with van der Waals surface area (Å²) < 4.78 is 0. The van der Waals surface area contributed by atoms with E-state index in [1.54, 1.807) is 11.3 Å². The third-order valence-electron chi connectivity index (χ3n) is 3.39. The standard InChI is InChI=1S/C15H20N4OS/c1-12-4-5-14(21-12)13(2)18(3)9-6-15(20)19(10-7-16)11-8-17/h4-5,13H,6,9-11H2,1-3H3/t13-/m0/s1. The highest BCUT2D eigenvalue weighted by Crippen LogP contribution is 2.26. The predicted octanol–water partition coefficient (Wildman–Crippen LogP) is 2.32. The van der Waals surface area contributed by atoms with Gasteiger partial charge in [-0.1, -0.05) is 0 Å². The molecule has 1 amide bonds. The first-order valence-corrected chi connectivity index (χ1v) is 7.59. The molecule has 0 radical (unpaired) electrons. The fourth-order valence-electron chi connectivity index (χ4n) is 1.92. The Morgan fingerprint density at radius 1 is 1.33 bits per heavy atom. The van der Waals surface area contributed by atoms with Crippen LogP contribution in [0, 0.1) is 29.6 Å². The molecule has 0 aliphatic heterocycles. The summed E-state index contributed by atoms with van der Waals surface area (Å²) in [4.78, 5) is 17.9. The highest BCUT2D eigenvalue weighted by atomic mass is 32.1. The van der Waals surface area contributed by atoms with Crippen LogP contribution in [0.25, 0.3) is 0 Å². The van der Waals surface area contributed by atoms with E-state index >= 15 is 0 Å². The van der Waals surface area contributed by atoms with Gasteiger partial charge in [-0.2, -0.15) is 10.5 Å². The van der Waals surface area contributed by atoms with Crippen molar-refractivity contribution >= 4 is 17.2 Å². The zero-order valence-electron chi connectivity index (χ0n) is 12.7. The fourth-order valence-corrected chi connectivity index (χ4v) is 2.92. The van der Waals surface area contributed by atoms with Crippen LogP contribution in [0.15, 0.2) is 12.1 Å². The van der Waals surface area contributed by atoms with Gasteiger partial charge in [-0.3, -0.25) is 9.69 Å². The predicted molar refractivity (Wildman–Crippen MR) is 82.5 cm³/mol. The van der Waals surface area contributed by atoms with E-state index < -0.39 is 0 Å². The van der Waals surface area contributed by atoms with Crippen molar-refractivity contribution in [2.45, 2.75) is 26.3 Å². The number of carbonyl (C=O) groups excluding carboxylic acids is 1. The zero-order valence-corrected chi connectivity index (χ0v) is 13.5. The minimum atomic E-state index is -0.153. The van der Waals surface area contributed by atoms with Crippen LogP contribution >= 0.6 is 11.3 Å². The number of nitriles is 2. The Morgan fingerprint density at radius 2 is 1.95 bits per heavy atom. The molecule has 0 N–H and O–H groups in total. The molecular formula is C15H20N4OS. The van der Waals surface area contributed by atoms with Crippen molar-refractivity contribution in [1.29, 1.82) is 10.5 Å². The molecule has 0 aliphatic rings. The van der Waals surface area contributed by atoms with Crippen molar-refractivity contribution in [2.24, 2.45) is 0 Å². The summed E-state index contributed by atoms with van der Waals surface area (Å²) in [6, 6.07) is 8.28. The number of rotatable bonds is 7. The van der Waals surface area contributed by atoms with Gasteiger partial charge in [0.1, 0.15) is 13.1 Å². The monoisotopic (exact) mass is 304 g/mol. The number of carbonyl (C=O) groups is 1. The quantitative estimate of drug-likeness (QED) is 0.725. The summed E-state index contributed by atoms with van der Waals surface area (Å²) >= 11 is 1.76. The first-order valence-electron chi connectivity index (χ1n) is 6.77. The van der Waals surface area contributed by atoms with Crippen molar-refractivity contribution in [3.8, 4) is 12.1 Å². The molecule has 0 saturated heterocycles. The molecule has 0 unspecified atom stereocenters. The van der Waals surface area contributed by atoms with Gasteiger partial charge in [-0.15, -0.1) is 11.3 Å². The van der Waals surface area contributed by atoms with E-state index in [0.717, 1.165) is 0 Å². The van der Waals surface area contributed by atoms with Crippen LogP contribution in [0.4, 0.5) is 0 Å².